The van der Waals surface area contributed by atoms with Crippen molar-refractivity contribution in [2.75, 3.05) is 6.61 Å². The lowest BCUT2D eigenvalue weighted by atomic mass is 10.2. The summed E-state index contributed by atoms with van der Waals surface area (Å²) in [6.07, 6.45) is 25.1. The molecule has 0 aliphatic heterocycles. The van der Waals surface area contributed by atoms with Gasteiger partial charge in [-0.1, -0.05) is 56.2 Å². The molecule has 1 amide bonds. The maximum atomic E-state index is 11.5. The van der Waals surface area contributed by atoms with Crippen molar-refractivity contribution in [2.24, 2.45) is 0 Å². The van der Waals surface area contributed by atoms with Gasteiger partial charge in [-0.2, -0.15) is 0 Å². The lowest BCUT2D eigenvalue weighted by Crippen LogP contribution is -2.24. The van der Waals surface area contributed by atoms with Gasteiger partial charge in [-0.25, -0.2) is 0 Å². The van der Waals surface area contributed by atoms with Crippen molar-refractivity contribution in [2.45, 2.75) is 96.6 Å². The van der Waals surface area contributed by atoms with E-state index in [9.17, 15) is 4.79 Å². The van der Waals surface area contributed by atoms with Crippen molar-refractivity contribution < 1.29 is 9.53 Å². The van der Waals surface area contributed by atoms with Crippen LogP contribution in [0.4, 0.5) is 0 Å². The Kier molecular flexibility index (Phi) is 13.8. The van der Waals surface area contributed by atoms with Gasteiger partial charge in [0.15, 0.2) is 0 Å². The van der Waals surface area contributed by atoms with E-state index < -0.39 is 0 Å². The van der Waals surface area contributed by atoms with Crippen LogP contribution in [0.2, 0.25) is 0 Å². The van der Waals surface area contributed by atoms with Gasteiger partial charge in [0.05, 0.1) is 6.10 Å². The van der Waals surface area contributed by atoms with Crippen LogP contribution in [0.1, 0.15) is 84.5 Å². The van der Waals surface area contributed by atoms with Crippen LogP contribution in [0.15, 0.2) is 36.5 Å². The first kappa shape index (κ1) is 22.7. The molecule has 3 nitrogen and oxygen atoms in total. The second-order valence-electron chi connectivity index (χ2n) is 7.24. The number of ether oxygens (including phenoxy) is 1. The van der Waals surface area contributed by atoms with Crippen LogP contribution in [0.5, 0.6) is 0 Å². The predicted molar refractivity (Wildman–Crippen MR) is 111 cm³/mol. The molecule has 0 aromatic rings. The van der Waals surface area contributed by atoms with Crippen molar-refractivity contribution in [3.63, 3.8) is 0 Å². The second kappa shape index (κ2) is 15.9. The zero-order chi connectivity index (χ0) is 18.9. The van der Waals surface area contributed by atoms with Gasteiger partial charge in [-0.05, 0) is 58.3 Å². The zero-order valence-corrected chi connectivity index (χ0v) is 16.9. The van der Waals surface area contributed by atoms with E-state index in [1.807, 2.05) is 0 Å². The maximum Gasteiger partial charge on any atom is 0.220 e. The zero-order valence-electron chi connectivity index (χ0n) is 16.9. The number of carbonyl (C=O) groups is 1. The van der Waals surface area contributed by atoms with E-state index in [2.05, 4.69) is 55.6 Å². The predicted octanol–water partition coefficient (Wildman–Crippen LogP) is 5.87. The molecule has 1 aliphatic carbocycles. The van der Waals surface area contributed by atoms with Crippen LogP contribution in [0.3, 0.4) is 0 Å². The van der Waals surface area contributed by atoms with Gasteiger partial charge in [-0.3, -0.25) is 4.79 Å². The Labute approximate surface area is 161 Å². The molecule has 1 N–H and O–H groups in total. The Bertz CT molecular complexity index is 435. The molecule has 1 rings (SSSR count). The van der Waals surface area contributed by atoms with Gasteiger partial charge in [0.25, 0.3) is 0 Å². The molecule has 1 atom stereocenters. The van der Waals surface area contributed by atoms with Crippen LogP contribution < -0.4 is 5.32 Å². The average molecular weight is 362 g/mol. The molecular formula is C23H39NO2. The van der Waals surface area contributed by atoms with E-state index in [0.717, 1.165) is 38.7 Å². The molecule has 1 unspecified atom stereocenters. The van der Waals surface area contributed by atoms with Gasteiger partial charge in [0.1, 0.15) is 0 Å². The molecule has 0 saturated heterocycles. The van der Waals surface area contributed by atoms with E-state index in [4.69, 9.17) is 4.74 Å². The quantitative estimate of drug-likeness (QED) is 0.276. The third kappa shape index (κ3) is 14.9. The van der Waals surface area contributed by atoms with E-state index in [0.29, 0.717) is 18.6 Å². The van der Waals surface area contributed by atoms with Gasteiger partial charge in [0, 0.05) is 19.1 Å². The number of allylic oxidation sites excluding steroid dienone is 5. The van der Waals surface area contributed by atoms with Crippen molar-refractivity contribution in [1.82, 2.24) is 5.32 Å². The molecule has 1 aliphatic rings. The number of unbranched alkanes of at least 4 members (excludes halogenated alkanes) is 3. The third-order valence-electron chi connectivity index (χ3n) is 4.38. The highest BCUT2D eigenvalue weighted by molar-refractivity contribution is 5.76. The molecule has 0 aromatic carbocycles. The van der Waals surface area contributed by atoms with Crippen molar-refractivity contribution in [3.8, 4) is 0 Å². The Morgan fingerprint density at radius 1 is 1.04 bits per heavy atom. The fourth-order valence-corrected chi connectivity index (χ4v) is 2.56. The summed E-state index contributed by atoms with van der Waals surface area (Å²) in [6, 6.07) is 0.485. The molecule has 26 heavy (non-hydrogen) atoms. The third-order valence-corrected chi connectivity index (χ3v) is 4.38. The summed E-state index contributed by atoms with van der Waals surface area (Å²) in [5.74, 6) is 0.216. The Hall–Kier alpha value is -1.35. The minimum absolute atomic E-state index is 0.216. The number of rotatable bonds is 16. The summed E-state index contributed by atoms with van der Waals surface area (Å²) in [5, 5.41) is 3.02. The van der Waals surface area contributed by atoms with Crippen LogP contribution in [-0.2, 0) is 9.53 Å². The summed E-state index contributed by atoms with van der Waals surface area (Å²) in [4.78, 5) is 11.5. The fourth-order valence-electron chi connectivity index (χ4n) is 2.56. The highest BCUT2D eigenvalue weighted by Crippen LogP contribution is 2.18. The number of hydrogen-bond acceptors (Lipinski definition) is 2. The number of carbonyl (C=O) groups excluding carboxylic acids is 1. The lowest BCUT2D eigenvalue weighted by Gasteiger charge is -2.10. The number of amides is 1. The topological polar surface area (TPSA) is 38.3 Å². The molecule has 3 heteroatoms. The van der Waals surface area contributed by atoms with E-state index in [1.54, 1.807) is 0 Å². The summed E-state index contributed by atoms with van der Waals surface area (Å²) < 4.78 is 5.77. The summed E-state index contributed by atoms with van der Waals surface area (Å²) in [6.45, 7) is 5.25. The summed E-state index contributed by atoms with van der Waals surface area (Å²) in [7, 11) is 0. The van der Waals surface area contributed by atoms with Gasteiger partial charge in [-0.15, -0.1) is 0 Å². The van der Waals surface area contributed by atoms with Gasteiger partial charge >= 0.3 is 0 Å². The summed E-state index contributed by atoms with van der Waals surface area (Å²) in [5.41, 5.74) is 0. The average Bonchev–Trinajstić information content (AvgIpc) is 3.43. The van der Waals surface area contributed by atoms with Gasteiger partial charge in [0.2, 0.25) is 5.91 Å². The first-order valence-corrected chi connectivity index (χ1v) is 10.6. The Morgan fingerprint density at radius 3 is 2.42 bits per heavy atom. The monoisotopic (exact) mass is 361 g/mol. The molecule has 0 heterocycles. The molecule has 0 radical (unpaired) electrons. The largest absolute Gasteiger partial charge is 0.378 e. The van der Waals surface area contributed by atoms with E-state index in [-0.39, 0.29) is 5.91 Å². The SMILES string of the molecule is CCCCCOC(C)C/C=C\C/C=C\C/C=C\CCCC(=O)NC1CC1. The highest BCUT2D eigenvalue weighted by Gasteiger charge is 2.22. The normalized spacial score (nSPS) is 16.1. The number of hydrogen-bond donors (Lipinski definition) is 1. The van der Waals surface area contributed by atoms with Crippen LogP contribution in [0.25, 0.3) is 0 Å². The molecule has 0 spiro atoms. The first-order chi connectivity index (χ1) is 12.7. The molecule has 0 aromatic heterocycles. The van der Waals surface area contributed by atoms with Gasteiger partial charge < -0.3 is 10.1 Å². The maximum absolute atomic E-state index is 11.5. The Balaban J connectivity index is 1.88. The molecule has 1 saturated carbocycles. The van der Waals surface area contributed by atoms with Crippen LogP contribution in [0, 0.1) is 0 Å². The van der Waals surface area contributed by atoms with E-state index in [1.165, 1.54) is 32.1 Å². The van der Waals surface area contributed by atoms with Crippen molar-refractivity contribution >= 4 is 5.91 Å². The second-order valence-corrected chi connectivity index (χ2v) is 7.24. The lowest BCUT2D eigenvalue weighted by molar-refractivity contribution is -0.121. The fraction of sp³-hybridized carbons (Fsp3) is 0.696. The molecule has 0 bridgehead atoms. The van der Waals surface area contributed by atoms with Crippen LogP contribution in [-0.4, -0.2) is 24.7 Å². The standard InChI is InChI=1S/C23H39NO2/c1-3-4-15-20-26-21(2)16-13-11-9-7-5-6-8-10-12-14-17-23(25)24-22-18-19-22/h5,7-8,10-11,13,21-22H,3-4,6,9,12,14-20H2,1-2H3,(H,24,25)/b7-5-,10-8-,13-11-. The Morgan fingerprint density at radius 2 is 1.73 bits per heavy atom. The highest BCUT2D eigenvalue weighted by atomic mass is 16.5. The van der Waals surface area contributed by atoms with Crippen molar-refractivity contribution in [3.05, 3.63) is 36.5 Å². The molecular weight excluding hydrogens is 322 g/mol. The molecule has 148 valence electrons. The van der Waals surface area contributed by atoms with Crippen molar-refractivity contribution in [1.29, 1.82) is 0 Å². The smallest absolute Gasteiger partial charge is 0.220 e. The minimum atomic E-state index is 0.216. The first-order valence-electron chi connectivity index (χ1n) is 10.6. The summed E-state index contributed by atoms with van der Waals surface area (Å²) >= 11 is 0. The molecule has 1 fully saturated rings. The van der Waals surface area contributed by atoms with E-state index >= 15 is 0 Å². The van der Waals surface area contributed by atoms with Crippen LogP contribution >= 0.6 is 0 Å². The number of nitrogens with one attached hydrogen (secondary N) is 1. The minimum Gasteiger partial charge on any atom is -0.378 e.